The smallest absolute Gasteiger partial charge is 0.308 e. The molecule has 0 aromatic heterocycles. The average Bonchev–Trinajstić information content (AvgIpc) is 2.31. The standard InChI is InChI=1S/C13H12O6/c1-7(14)18-9-3-4-10-11(5-9)17-6-12(13(10)16)19-8(2)15/h3-5,12H,6H2,1-2H3. The highest BCUT2D eigenvalue weighted by atomic mass is 16.6. The second-order valence-corrected chi connectivity index (χ2v) is 4.02. The van der Waals surface area contributed by atoms with Crippen molar-refractivity contribution in [1.82, 2.24) is 0 Å². The molecule has 0 radical (unpaired) electrons. The lowest BCUT2D eigenvalue weighted by Crippen LogP contribution is -2.36. The Kier molecular flexibility index (Phi) is 3.50. The highest BCUT2D eigenvalue weighted by molar-refractivity contribution is 6.03. The van der Waals surface area contributed by atoms with E-state index in [0.29, 0.717) is 17.1 Å². The average molecular weight is 264 g/mol. The number of rotatable bonds is 2. The minimum Gasteiger partial charge on any atom is -0.488 e. The van der Waals surface area contributed by atoms with Gasteiger partial charge in [0.25, 0.3) is 0 Å². The second-order valence-electron chi connectivity index (χ2n) is 4.02. The summed E-state index contributed by atoms with van der Waals surface area (Å²) in [4.78, 5) is 33.7. The Morgan fingerprint density at radius 1 is 1.26 bits per heavy atom. The molecule has 100 valence electrons. The van der Waals surface area contributed by atoms with Crippen molar-refractivity contribution in [1.29, 1.82) is 0 Å². The fraction of sp³-hybridized carbons (Fsp3) is 0.308. The summed E-state index contributed by atoms with van der Waals surface area (Å²) in [6.07, 6.45) is -0.926. The van der Waals surface area contributed by atoms with E-state index in [1.165, 1.54) is 32.0 Å². The van der Waals surface area contributed by atoms with Crippen LogP contribution in [0.1, 0.15) is 24.2 Å². The highest BCUT2D eigenvalue weighted by Gasteiger charge is 2.31. The highest BCUT2D eigenvalue weighted by Crippen LogP contribution is 2.30. The van der Waals surface area contributed by atoms with Crippen LogP contribution in [0.3, 0.4) is 0 Å². The zero-order chi connectivity index (χ0) is 14.0. The van der Waals surface area contributed by atoms with E-state index in [1.54, 1.807) is 0 Å². The molecule has 6 nitrogen and oxygen atoms in total. The maximum Gasteiger partial charge on any atom is 0.308 e. The van der Waals surface area contributed by atoms with Gasteiger partial charge in [0.15, 0.2) is 6.10 Å². The van der Waals surface area contributed by atoms with Gasteiger partial charge in [0.2, 0.25) is 5.78 Å². The molecule has 0 N–H and O–H groups in total. The maximum absolute atomic E-state index is 12.0. The molecule has 0 saturated heterocycles. The van der Waals surface area contributed by atoms with Crippen molar-refractivity contribution < 1.29 is 28.6 Å². The van der Waals surface area contributed by atoms with Crippen molar-refractivity contribution in [2.75, 3.05) is 6.61 Å². The molecule has 0 amide bonds. The number of Topliss-reactive ketones (excluding diaryl/α,β-unsaturated/α-hetero) is 1. The molecule has 0 fully saturated rings. The first-order valence-electron chi connectivity index (χ1n) is 5.64. The van der Waals surface area contributed by atoms with Gasteiger partial charge in [-0.3, -0.25) is 14.4 Å². The summed E-state index contributed by atoms with van der Waals surface area (Å²) < 4.78 is 15.1. The Hall–Kier alpha value is -2.37. The lowest BCUT2D eigenvalue weighted by molar-refractivity contribution is -0.145. The fourth-order valence-corrected chi connectivity index (χ4v) is 1.76. The number of ether oxygens (including phenoxy) is 3. The van der Waals surface area contributed by atoms with Gasteiger partial charge in [0.1, 0.15) is 18.1 Å². The molecule has 6 heteroatoms. The fourth-order valence-electron chi connectivity index (χ4n) is 1.76. The third kappa shape index (κ3) is 2.90. The molecule has 1 heterocycles. The van der Waals surface area contributed by atoms with Crippen molar-refractivity contribution in [2.24, 2.45) is 0 Å². The van der Waals surface area contributed by atoms with Crippen molar-refractivity contribution in [3.63, 3.8) is 0 Å². The van der Waals surface area contributed by atoms with Crippen LogP contribution in [0.15, 0.2) is 18.2 Å². The number of ketones is 1. The van der Waals surface area contributed by atoms with Gasteiger partial charge in [0, 0.05) is 19.9 Å². The number of carbonyl (C=O) groups is 3. The molecule has 19 heavy (non-hydrogen) atoms. The summed E-state index contributed by atoms with van der Waals surface area (Å²) in [7, 11) is 0. The molecule has 0 bridgehead atoms. The van der Waals surface area contributed by atoms with E-state index in [4.69, 9.17) is 14.2 Å². The molecule has 2 rings (SSSR count). The first-order chi connectivity index (χ1) is 8.97. The predicted octanol–water partition coefficient (Wildman–Crippen LogP) is 1.12. The van der Waals surface area contributed by atoms with Crippen LogP contribution in [0.2, 0.25) is 0 Å². The predicted molar refractivity (Wildman–Crippen MR) is 63.1 cm³/mol. The van der Waals surface area contributed by atoms with Gasteiger partial charge < -0.3 is 14.2 Å². The normalized spacial score (nSPS) is 17.2. The van der Waals surface area contributed by atoms with Gasteiger partial charge in [0.05, 0.1) is 5.56 Å². The molecular formula is C13H12O6. The van der Waals surface area contributed by atoms with Crippen LogP contribution in [0.25, 0.3) is 0 Å². The molecule has 0 spiro atoms. The molecule has 1 aliphatic rings. The van der Waals surface area contributed by atoms with E-state index in [9.17, 15) is 14.4 Å². The van der Waals surface area contributed by atoms with Gasteiger partial charge in [-0.15, -0.1) is 0 Å². The van der Waals surface area contributed by atoms with E-state index >= 15 is 0 Å². The minimum atomic E-state index is -0.926. The third-order valence-electron chi connectivity index (χ3n) is 2.47. The lowest BCUT2D eigenvalue weighted by atomic mass is 10.0. The SMILES string of the molecule is CC(=O)Oc1ccc2c(c1)OCC(OC(C)=O)C2=O. The van der Waals surface area contributed by atoms with Gasteiger partial charge >= 0.3 is 11.9 Å². The van der Waals surface area contributed by atoms with Crippen molar-refractivity contribution >= 4 is 17.7 Å². The van der Waals surface area contributed by atoms with Crippen LogP contribution in [-0.2, 0) is 14.3 Å². The first kappa shape index (κ1) is 13.1. The molecule has 1 aromatic rings. The van der Waals surface area contributed by atoms with Gasteiger partial charge in [-0.2, -0.15) is 0 Å². The van der Waals surface area contributed by atoms with Crippen molar-refractivity contribution in [3.05, 3.63) is 23.8 Å². The number of carbonyl (C=O) groups excluding carboxylic acids is 3. The van der Waals surface area contributed by atoms with Crippen LogP contribution in [0.5, 0.6) is 11.5 Å². The molecule has 1 aromatic carbocycles. The van der Waals surface area contributed by atoms with E-state index in [2.05, 4.69) is 0 Å². The molecule has 1 aliphatic heterocycles. The molecular weight excluding hydrogens is 252 g/mol. The first-order valence-corrected chi connectivity index (χ1v) is 5.64. The van der Waals surface area contributed by atoms with Crippen LogP contribution >= 0.6 is 0 Å². The van der Waals surface area contributed by atoms with E-state index < -0.39 is 18.0 Å². The van der Waals surface area contributed by atoms with Crippen molar-refractivity contribution in [2.45, 2.75) is 20.0 Å². The van der Waals surface area contributed by atoms with Gasteiger partial charge in [-0.05, 0) is 12.1 Å². The summed E-state index contributed by atoms with van der Waals surface area (Å²) in [5.41, 5.74) is 0.299. The van der Waals surface area contributed by atoms with E-state index in [-0.39, 0.29) is 12.4 Å². The summed E-state index contributed by atoms with van der Waals surface area (Å²) in [5.74, 6) is -0.718. The van der Waals surface area contributed by atoms with Crippen LogP contribution in [-0.4, -0.2) is 30.4 Å². The summed E-state index contributed by atoms with van der Waals surface area (Å²) in [5, 5.41) is 0. The van der Waals surface area contributed by atoms with Gasteiger partial charge in [-0.1, -0.05) is 0 Å². The molecule has 1 unspecified atom stereocenters. The third-order valence-corrected chi connectivity index (χ3v) is 2.47. The van der Waals surface area contributed by atoms with Crippen LogP contribution in [0, 0.1) is 0 Å². The largest absolute Gasteiger partial charge is 0.488 e. The number of fused-ring (bicyclic) bond motifs is 1. The van der Waals surface area contributed by atoms with Gasteiger partial charge in [-0.25, -0.2) is 0 Å². The van der Waals surface area contributed by atoms with Crippen LogP contribution in [0.4, 0.5) is 0 Å². The maximum atomic E-state index is 12.0. The lowest BCUT2D eigenvalue weighted by Gasteiger charge is -2.23. The topological polar surface area (TPSA) is 78.9 Å². The Morgan fingerprint density at radius 2 is 2.00 bits per heavy atom. The van der Waals surface area contributed by atoms with Crippen LogP contribution < -0.4 is 9.47 Å². The molecule has 1 atom stereocenters. The summed E-state index contributed by atoms with van der Waals surface area (Å²) in [6, 6.07) is 4.42. The zero-order valence-corrected chi connectivity index (χ0v) is 10.5. The Morgan fingerprint density at radius 3 is 2.63 bits per heavy atom. The summed E-state index contributed by atoms with van der Waals surface area (Å²) >= 11 is 0. The number of hydrogen-bond donors (Lipinski definition) is 0. The number of esters is 2. The van der Waals surface area contributed by atoms with Crippen molar-refractivity contribution in [3.8, 4) is 11.5 Å². The number of benzene rings is 1. The Labute approximate surface area is 109 Å². The Balaban J connectivity index is 2.23. The zero-order valence-electron chi connectivity index (χ0n) is 10.5. The quantitative estimate of drug-likeness (QED) is 0.588. The monoisotopic (exact) mass is 264 g/mol. The second kappa shape index (κ2) is 5.09. The number of hydrogen-bond acceptors (Lipinski definition) is 6. The minimum absolute atomic E-state index is 0.0467. The van der Waals surface area contributed by atoms with E-state index in [1.807, 2.05) is 0 Å². The Bertz CT molecular complexity index is 548. The summed E-state index contributed by atoms with van der Waals surface area (Å²) in [6.45, 7) is 2.46. The molecule has 0 saturated carbocycles. The molecule has 0 aliphatic carbocycles. The van der Waals surface area contributed by atoms with E-state index in [0.717, 1.165) is 0 Å².